The van der Waals surface area contributed by atoms with Crippen LogP contribution in [-0.2, 0) is 9.47 Å². The molecule has 0 bridgehead atoms. The number of fused-ring (bicyclic) bond motifs is 3. The molecule has 0 radical (unpaired) electrons. The molecule has 8 heteroatoms. The van der Waals surface area contributed by atoms with Gasteiger partial charge in [0.25, 0.3) is 0 Å². The van der Waals surface area contributed by atoms with Crippen molar-refractivity contribution in [1.82, 2.24) is 0 Å². The maximum atomic E-state index is 10.4. The van der Waals surface area contributed by atoms with Crippen LogP contribution in [0.3, 0.4) is 0 Å². The zero-order valence-electron chi connectivity index (χ0n) is 20.8. The lowest BCUT2D eigenvalue weighted by molar-refractivity contribution is -0.309. The lowest BCUT2D eigenvalue weighted by Crippen LogP contribution is -2.60. The SMILES string of the molecule is CC1(C(O)CO)C=C2CCC3C(C)(COC4OC(CO)C(O)C(O)C4O)CCCC3(C)C2CC1. The summed E-state index contributed by atoms with van der Waals surface area (Å²) in [6.45, 7) is 6.36. The Kier molecular flexibility index (Phi) is 7.56. The van der Waals surface area contributed by atoms with Crippen LogP contribution in [0, 0.1) is 28.1 Å². The van der Waals surface area contributed by atoms with Gasteiger partial charge in [-0.15, -0.1) is 0 Å². The smallest absolute Gasteiger partial charge is 0.186 e. The van der Waals surface area contributed by atoms with E-state index >= 15 is 0 Å². The zero-order chi connectivity index (χ0) is 24.9. The van der Waals surface area contributed by atoms with Crippen molar-refractivity contribution in [3.05, 3.63) is 11.6 Å². The number of hydrogen-bond donors (Lipinski definition) is 6. The van der Waals surface area contributed by atoms with Crippen molar-refractivity contribution < 1.29 is 40.1 Å². The summed E-state index contributed by atoms with van der Waals surface area (Å²) in [5.74, 6) is 0.852. The molecule has 2 saturated carbocycles. The average molecular weight is 485 g/mol. The minimum Gasteiger partial charge on any atom is -0.394 e. The fourth-order valence-electron chi connectivity index (χ4n) is 7.78. The first-order valence-corrected chi connectivity index (χ1v) is 12.9. The number of hydrogen-bond acceptors (Lipinski definition) is 8. The second kappa shape index (κ2) is 9.71. The summed E-state index contributed by atoms with van der Waals surface area (Å²) in [6.07, 6.45) is 2.25. The van der Waals surface area contributed by atoms with E-state index < -0.39 is 43.4 Å². The molecule has 1 aliphatic heterocycles. The standard InChI is InChI=1S/C26H44O8/c1-24(19(29)13-28)10-7-16-15(11-24)5-6-18-25(2,8-4-9-26(16,18)3)14-33-23-22(32)21(31)20(30)17(12-27)34-23/h11,16-23,27-32H,4-10,12-14H2,1-3H3. The minimum atomic E-state index is -1.44. The van der Waals surface area contributed by atoms with Gasteiger partial charge in [0.1, 0.15) is 24.4 Å². The third-order valence-electron chi connectivity index (χ3n) is 9.91. The van der Waals surface area contributed by atoms with Crippen LogP contribution < -0.4 is 0 Å². The van der Waals surface area contributed by atoms with Gasteiger partial charge in [-0.3, -0.25) is 0 Å². The van der Waals surface area contributed by atoms with Gasteiger partial charge in [0.05, 0.1) is 25.9 Å². The molecule has 4 aliphatic rings. The largest absolute Gasteiger partial charge is 0.394 e. The number of allylic oxidation sites excluding steroid dienone is 1. The van der Waals surface area contributed by atoms with Crippen LogP contribution >= 0.6 is 0 Å². The molecule has 3 aliphatic carbocycles. The molecule has 8 nitrogen and oxygen atoms in total. The Bertz CT molecular complexity index is 757. The monoisotopic (exact) mass is 484 g/mol. The quantitative estimate of drug-likeness (QED) is 0.308. The van der Waals surface area contributed by atoms with Gasteiger partial charge in [-0.1, -0.05) is 38.8 Å². The Balaban J connectivity index is 1.50. The van der Waals surface area contributed by atoms with Gasteiger partial charge in [0, 0.05) is 5.41 Å². The number of aliphatic hydroxyl groups is 6. The fraction of sp³-hybridized carbons (Fsp3) is 0.923. The van der Waals surface area contributed by atoms with E-state index in [0.717, 1.165) is 44.9 Å². The summed E-state index contributed by atoms with van der Waals surface area (Å²) in [5.41, 5.74) is 0.997. The molecule has 0 spiro atoms. The molecule has 4 rings (SSSR count). The highest BCUT2D eigenvalue weighted by Crippen LogP contribution is 2.64. The van der Waals surface area contributed by atoms with Crippen LogP contribution in [-0.4, -0.2) is 87.3 Å². The second-order valence-electron chi connectivity index (χ2n) is 12.1. The Morgan fingerprint density at radius 2 is 1.76 bits per heavy atom. The van der Waals surface area contributed by atoms with E-state index in [9.17, 15) is 30.6 Å². The highest BCUT2D eigenvalue weighted by Gasteiger charge is 2.57. The van der Waals surface area contributed by atoms with Crippen LogP contribution in [0.5, 0.6) is 0 Å². The van der Waals surface area contributed by atoms with Crippen molar-refractivity contribution in [3.8, 4) is 0 Å². The van der Waals surface area contributed by atoms with E-state index in [1.54, 1.807) is 0 Å². The second-order valence-corrected chi connectivity index (χ2v) is 12.1. The van der Waals surface area contributed by atoms with Crippen LogP contribution in [0.25, 0.3) is 0 Å². The number of ether oxygens (including phenoxy) is 2. The first-order valence-electron chi connectivity index (χ1n) is 12.9. The molecule has 0 aromatic heterocycles. The summed E-state index contributed by atoms with van der Waals surface area (Å²) in [7, 11) is 0. The Morgan fingerprint density at radius 1 is 1.03 bits per heavy atom. The van der Waals surface area contributed by atoms with Gasteiger partial charge >= 0.3 is 0 Å². The van der Waals surface area contributed by atoms with Crippen molar-refractivity contribution in [2.75, 3.05) is 19.8 Å². The lowest BCUT2D eigenvalue weighted by Gasteiger charge is -2.60. The summed E-state index contributed by atoms with van der Waals surface area (Å²) in [6, 6.07) is 0. The van der Waals surface area contributed by atoms with Gasteiger partial charge < -0.3 is 40.1 Å². The summed E-state index contributed by atoms with van der Waals surface area (Å²) in [4.78, 5) is 0. The predicted octanol–water partition coefficient (Wildman–Crippen LogP) is 1.11. The van der Waals surface area contributed by atoms with E-state index in [2.05, 4.69) is 19.9 Å². The van der Waals surface area contributed by atoms with Crippen LogP contribution in [0.15, 0.2) is 11.6 Å². The predicted molar refractivity (Wildman–Crippen MR) is 125 cm³/mol. The Morgan fingerprint density at radius 3 is 2.44 bits per heavy atom. The van der Waals surface area contributed by atoms with E-state index in [1.165, 1.54) is 5.57 Å². The van der Waals surface area contributed by atoms with Crippen molar-refractivity contribution in [2.45, 2.75) is 103 Å². The maximum absolute atomic E-state index is 10.4. The van der Waals surface area contributed by atoms with E-state index in [4.69, 9.17) is 9.47 Å². The molecule has 6 N–H and O–H groups in total. The normalized spacial score (nSPS) is 50.1. The van der Waals surface area contributed by atoms with Gasteiger partial charge in [0.15, 0.2) is 6.29 Å². The molecule has 1 saturated heterocycles. The Labute approximate surface area is 202 Å². The molecule has 11 atom stereocenters. The van der Waals surface area contributed by atoms with Crippen LogP contribution in [0.1, 0.15) is 65.7 Å². The van der Waals surface area contributed by atoms with Crippen LogP contribution in [0.4, 0.5) is 0 Å². The summed E-state index contributed by atoms with van der Waals surface area (Å²) < 4.78 is 11.7. The highest BCUT2D eigenvalue weighted by atomic mass is 16.7. The third-order valence-corrected chi connectivity index (χ3v) is 9.91. The van der Waals surface area contributed by atoms with Crippen molar-refractivity contribution in [3.63, 3.8) is 0 Å². The van der Waals surface area contributed by atoms with Gasteiger partial charge in [-0.25, -0.2) is 0 Å². The summed E-state index contributed by atoms with van der Waals surface area (Å²) >= 11 is 0. The molecule has 0 amide bonds. The Hall–Kier alpha value is -0.580. The maximum Gasteiger partial charge on any atom is 0.186 e. The third kappa shape index (κ3) is 4.39. The van der Waals surface area contributed by atoms with E-state index in [-0.39, 0.29) is 22.9 Å². The molecule has 1 heterocycles. The number of aliphatic hydroxyl groups excluding tert-OH is 6. The molecule has 11 unspecified atom stereocenters. The average Bonchev–Trinajstić information content (AvgIpc) is 2.81. The van der Waals surface area contributed by atoms with Crippen molar-refractivity contribution in [1.29, 1.82) is 0 Å². The zero-order valence-corrected chi connectivity index (χ0v) is 20.8. The van der Waals surface area contributed by atoms with Gasteiger partial charge in [-0.2, -0.15) is 0 Å². The fourth-order valence-corrected chi connectivity index (χ4v) is 7.78. The lowest BCUT2D eigenvalue weighted by atomic mass is 9.45. The van der Waals surface area contributed by atoms with E-state index in [0.29, 0.717) is 18.4 Å². The molecule has 196 valence electrons. The first-order chi connectivity index (χ1) is 16.0. The van der Waals surface area contributed by atoms with E-state index in [1.807, 2.05) is 6.92 Å². The summed E-state index contributed by atoms with van der Waals surface area (Å²) in [5, 5.41) is 60.0. The minimum absolute atomic E-state index is 0.0985. The molecular formula is C26H44O8. The number of rotatable bonds is 6. The molecule has 3 fully saturated rings. The highest BCUT2D eigenvalue weighted by molar-refractivity contribution is 5.25. The molecule has 0 aromatic rings. The van der Waals surface area contributed by atoms with Crippen LogP contribution in [0.2, 0.25) is 0 Å². The molecule has 34 heavy (non-hydrogen) atoms. The molecular weight excluding hydrogens is 440 g/mol. The topological polar surface area (TPSA) is 140 Å². The van der Waals surface area contributed by atoms with Gasteiger partial charge in [0.2, 0.25) is 0 Å². The molecule has 0 aromatic carbocycles. The van der Waals surface area contributed by atoms with Gasteiger partial charge in [-0.05, 0) is 61.2 Å². The van der Waals surface area contributed by atoms with Crippen molar-refractivity contribution in [2.24, 2.45) is 28.1 Å². The van der Waals surface area contributed by atoms with Crippen molar-refractivity contribution >= 4 is 0 Å². The first kappa shape index (κ1) is 26.5.